The first-order valence-electron chi connectivity index (χ1n) is 19.7. The molecule has 2 aliphatic carbocycles. The van der Waals surface area contributed by atoms with E-state index < -0.39 is 0 Å². The summed E-state index contributed by atoms with van der Waals surface area (Å²) in [7, 11) is 4.23. The normalized spacial score (nSPS) is 21.9. The molecule has 56 heavy (non-hydrogen) atoms. The lowest BCUT2D eigenvalue weighted by Gasteiger charge is -2.53. The van der Waals surface area contributed by atoms with E-state index in [1.807, 2.05) is 30.5 Å². The SMILES string of the molecule is CCC1c2c(cnn2C2CN(Cc3cccc(C=O)n3)C2)-c2cccc(NC(/C=C(\N)NC(=O)C3CC3)=C(/N)C(=O)NC3CC3)c2N1C.CN1CC2(COC2)C1. The second-order valence-electron chi connectivity index (χ2n) is 16.4. The lowest BCUT2D eigenvalue weighted by molar-refractivity contribution is -0.182. The maximum atomic E-state index is 13.1. The molecular formula is C41H53N11O4. The molecule has 1 atom stereocenters. The van der Waals surface area contributed by atoms with Crippen LogP contribution in [0.5, 0.6) is 0 Å². The molecule has 15 nitrogen and oxygen atoms in total. The van der Waals surface area contributed by atoms with Crippen molar-refractivity contribution in [2.75, 3.05) is 63.7 Å². The van der Waals surface area contributed by atoms with Gasteiger partial charge in [-0.25, -0.2) is 4.98 Å². The molecule has 6 aliphatic rings. The van der Waals surface area contributed by atoms with Gasteiger partial charge in [-0.1, -0.05) is 25.1 Å². The van der Waals surface area contributed by atoms with Gasteiger partial charge >= 0.3 is 0 Å². The number of hydrogen-bond donors (Lipinski definition) is 5. The zero-order valence-corrected chi connectivity index (χ0v) is 32.5. The molecule has 0 radical (unpaired) electrons. The van der Waals surface area contributed by atoms with Crippen molar-refractivity contribution in [3.8, 4) is 11.1 Å². The number of aldehydes is 1. The molecule has 6 heterocycles. The zero-order chi connectivity index (χ0) is 39.1. The number of rotatable bonds is 12. The first kappa shape index (κ1) is 37.7. The number of anilines is 2. The lowest BCUT2D eigenvalue weighted by Crippen LogP contribution is -2.64. The Morgan fingerprint density at radius 2 is 1.77 bits per heavy atom. The van der Waals surface area contributed by atoms with Crippen molar-refractivity contribution < 1.29 is 19.1 Å². The quantitative estimate of drug-likeness (QED) is 0.103. The minimum atomic E-state index is -0.382. The number of benzene rings is 1. The third-order valence-electron chi connectivity index (χ3n) is 11.6. The number of hydrogen-bond acceptors (Lipinski definition) is 12. The van der Waals surface area contributed by atoms with Gasteiger partial charge in [-0.3, -0.25) is 24.0 Å². The highest BCUT2D eigenvalue weighted by atomic mass is 16.5. The number of nitrogens with one attached hydrogen (secondary N) is 3. The van der Waals surface area contributed by atoms with Gasteiger partial charge in [0.2, 0.25) is 5.91 Å². The Balaban J connectivity index is 0.000000486. The fourth-order valence-corrected chi connectivity index (χ4v) is 8.35. The third kappa shape index (κ3) is 7.75. The van der Waals surface area contributed by atoms with Crippen LogP contribution in [0.25, 0.3) is 11.1 Å². The van der Waals surface area contributed by atoms with Gasteiger partial charge in [0, 0.05) is 74.3 Å². The number of amides is 2. The molecule has 2 amide bonds. The van der Waals surface area contributed by atoms with E-state index in [-0.39, 0.29) is 47.4 Å². The highest BCUT2D eigenvalue weighted by Gasteiger charge is 2.47. The second-order valence-corrected chi connectivity index (χ2v) is 16.4. The van der Waals surface area contributed by atoms with Crippen molar-refractivity contribution >= 4 is 29.5 Å². The predicted octanol–water partition coefficient (Wildman–Crippen LogP) is 2.85. The van der Waals surface area contributed by atoms with Gasteiger partial charge in [0.25, 0.3) is 5.91 Å². The number of fused-ring (bicyclic) bond motifs is 3. The number of nitrogens with zero attached hydrogens (tertiary/aromatic N) is 6. The van der Waals surface area contributed by atoms with Crippen molar-refractivity contribution in [2.24, 2.45) is 22.8 Å². The molecule has 296 valence electrons. The molecule has 7 N–H and O–H groups in total. The van der Waals surface area contributed by atoms with Crippen LogP contribution < -0.4 is 32.3 Å². The summed E-state index contributed by atoms with van der Waals surface area (Å²) in [5.41, 5.74) is 19.9. The van der Waals surface area contributed by atoms with Crippen molar-refractivity contribution in [3.63, 3.8) is 0 Å². The summed E-state index contributed by atoms with van der Waals surface area (Å²) in [5.74, 6) is -0.419. The van der Waals surface area contributed by atoms with Crippen molar-refractivity contribution in [3.05, 3.63) is 83.0 Å². The molecule has 5 fully saturated rings. The Morgan fingerprint density at radius 3 is 2.39 bits per heavy atom. The molecule has 9 rings (SSSR count). The predicted molar refractivity (Wildman–Crippen MR) is 213 cm³/mol. The lowest BCUT2D eigenvalue weighted by atomic mass is 9.79. The average Bonchev–Trinajstić information content (AvgIpc) is 4.09. The van der Waals surface area contributed by atoms with Crippen LogP contribution in [0.4, 0.5) is 11.4 Å². The van der Waals surface area contributed by atoms with Crippen LogP contribution in [0.2, 0.25) is 0 Å². The molecule has 1 aromatic carbocycles. The molecule has 4 aliphatic heterocycles. The van der Waals surface area contributed by atoms with Crippen LogP contribution in [0.15, 0.2) is 65.9 Å². The highest BCUT2D eigenvalue weighted by Crippen LogP contribution is 2.49. The molecule has 1 unspecified atom stereocenters. The fourth-order valence-electron chi connectivity index (χ4n) is 8.35. The number of ether oxygens (including phenoxy) is 1. The minimum Gasteiger partial charge on any atom is -0.393 e. The van der Waals surface area contributed by atoms with E-state index in [1.54, 1.807) is 6.07 Å². The average molecular weight is 764 g/mol. The summed E-state index contributed by atoms with van der Waals surface area (Å²) in [5, 5.41) is 14.0. The Kier molecular flexibility index (Phi) is 10.3. The van der Waals surface area contributed by atoms with Gasteiger partial charge < -0.3 is 42.0 Å². The smallest absolute Gasteiger partial charge is 0.269 e. The van der Waals surface area contributed by atoms with E-state index in [2.05, 4.69) is 67.4 Å². The Hall–Kier alpha value is -5.25. The van der Waals surface area contributed by atoms with Gasteiger partial charge in [0.05, 0.1) is 60.0 Å². The third-order valence-corrected chi connectivity index (χ3v) is 11.6. The summed E-state index contributed by atoms with van der Waals surface area (Å²) >= 11 is 0. The van der Waals surface area contributed by atoms with E-state index in [4.69, 9.17) is 21.3 Å². The van der Waals surface area contributed by atoms with Crippen molar-refractivity contribution in [1.29, 1.82) is 0 Å². The van der Waals surface area contributed by atoms with Gasteiger partial charge in [0.1, 0.15) is 17.2 Å². The first-order chi connectivity index (χ1) is 27.0. The fraction of sp³-hybridized carbons (Fsp3) is 0.488. The van der Waals surface area contributed by atoms with Crippen LogP contribution in [0, 0.1) is 11.3 Å². The number of likely N-dealkylation sites (tertiary alicyclic amines) is 2. The van der Waals surface area contributed by atoms with Crippen LogP contribution in [0.1, 0.15) is 73.0 Å². The molecule has 2 saturated carbocycles. The van der Waals surface area contributed by atoms with Crippen LogP contribution in [-0.4, -0.2) is 102 Å². The topological polar surface area (TPSA) is 189 Å². The van der Waals surface area contributed by atoms with E-state index in [9.17, 15) is 14.4 Å². The van der Waals surface area contributed by atoms with Gasteiger partial charge in [0.15, 0.2) is 6.29 Å². The molecule has 2 aromatic heterocycles. The largest absolute Gasteiger partial charge is 0.393 e. The van der Waals surface area contributed by atoms with Gasteiger partial charge in [-0.2, -0.15) is 5.10 Å². The molecule has 1 spiro atoms. The van der Waals surface area contributed by atoms with E-state index in [0.717, 1.165) is 92.9 Å². The summed E-state index contributed by atoms with van der Waals surface area (Å²) in [4.78, 5) is 48.0. The number of para-hydroxylation sites is 1. The second kappa shape index (κ2) is 15.4. The van der Waals surface area contributed by atoms with Crippen molar-refractivity contribution in [1.82, 2.24) is 35.2 Å². The number of aromatic nitrogens is 3. The molecule has 0 bridgehead atoms. The van der Waals surface area contributed by atoms with Gasteiger partial charge in [-0.15, -0.1) is 0 Å². The maximum Gasteiger partial charge on any atom is 0.269 e. The number of allylic oxidation sites excluding steroid dienone is 1. The summed E-state index contributed by atoms with van der Waals surface area (Å²) < 4.78 is 7.27. The number of carbonyl (C=O) groups is 3. The standard InChI is InChI=1S/C35H42N10O3.C6H11NO/c1-3-29-33-26(15-38-45(33)24-17-44(18-24)16-22-6-4-7-23(19-46)39-22)25-8-5-9-27(32(25)43(29)2)41-28(31(37)35(48)40-21-12-13-21)14-30(36)42-34(47)20-10-11-20;1-7-2-6(3-7)4-8-5-6/h4-9,14-15,19-21,24,29,41H,3,10-13,16-18,36-37H2,1-2H3,(H,40,48)(H,42,47);2-5H2,1H3/b30-14+,31-28+;. The molecular weight excluding hydrogens is 711 g/mol. The number of pyridine rings is 1. The van der Waals surface area contributed by atoms with Gasteiger partial charge in [-0.05, 0) is 57.4 Å². The number of carbonyl (C=O) groups excluding carboxylic acids is 3. The highest BCUT2D eigenvalue weighted by molar-refractivity contribution is 5.96. The van der Waals surface area contributed by atoms with Crippen LogP contribution in [-0.2, 0) is 20.9 Å². The monoisotopic (exact) mass is 763 g/mol. The van der Waals surface area contributed by atoms with E-state index >= 15 is 0 Å². The Bertz CT molecular complexity index is 2050. The first-order valence-corrected chi connectivity index (χ1v) is 19.7. The minimum absolute atomic E-state index is 0.00948. The summed E-state index contributed by atoms with van der Waals surface area (Å²) in [6, 6.07) is 11.9. The van der Waals surface area contributed by atoms with E-state index in [0.29, 0.717) is 23.4 Å². The summed E-state index contributed by atoms with van der Waals surface area (Å²) in [6.45, 7) is 9.04. The molecule has 3 aromatic rings. The summed E-state index contributed by atoms with van der Waals surface area (Å²) in [6.07, 6.45) is 8.64. The Morgan fingerprint density at radius 1 is 1.02 bits per heavy atom. The van der Waals surface area contributed by atoms with Crippen LogP contribution in [0.3, 0.4) is 0 Å². The molecule has 3 saturated heterocycles. The number of nitrogens with two attached hydrogens (primary N) is 2. The van der Waals surface area contributed by atoms with E-state index in [1.165, 1.54) is 24.9 Å². The Labute approximate surface area is 327 Å². The van der Waals surface area contributed by atoms with Crippen molar-refractivity contribution in [2.45, 2.75) is 63.7 Å². The zero-order valence-electron chi connectivity index (χ0n) is 32.5. The van der Waals surface area contributed by atoms with Crippen LogP contribution >= 0.6 is 0 Å². The molecule has 15 heteroatoms. The maximum absolute atomic E-state index is 13.1.